The summed E-state index contributed by atoms with van der Waals surface area (Å²) in [5.74, 6) is 3.03. The molecule has 1 aromatic carbocycles. The lowest BCUT2D eigenvalue weighted by Gasteiger charge is -2.14. The van der Waals surface area contributed by atoms with Gasteiger partial charge in [0.2, 0.25) is 5.75 Å². The summed E-state index contributed by atoms with van der Waals surface area (Å²) in [5.41, 5.74) is 2.08. The Morgan fingerprint density at radius 3 is 2.30 bits per heavy atom. The number of aryl methyl sites for hydroxylation is 1. The molecule has 0 bridgehead atoms. The van der Waals surface area contributed by atoms with Gasteiger partial charge in [-0.2, -0.15) is 0 Å². The van der Waals surface area contributed by atoms with Gasteiger partial charge in [-0.3, -0.25) is 0 Å². The Morgan fingerprint density at radius 1 is 1.00 bits per heavy atom. The molecule has 2 heterocycles. The largest absolute Gasteiger partial charge is 0.493 e. The van der Waals surface area contributed by atoms with Crippen LogP contribution in [0.3, 0.4) is 0 Å². The Hall–Kier alpha value is -3.03. The number of anilines is 2. The lowest BCUT2D eigenvalue weighted by Crippen LogP contribution is -1.99. The molecule has 0 aliphatic carbocycles. The highest BCUT2D eigenvalue weighted by Crippen LogP contribution is 2.40. The molecule has 0 atom stereocenters. The Labute approximate surface area is 132 Å². The first-order valence-corrected chi connectivity index (χ1v) is 6.90. The number of aromatic amines is 1. The van der Waals surface area contributed by atoms with Crippen LogP contribution < -0.4 is 19.5 Å². The molecule has 0 aliphatic heterocycles. The summed E-state index contributed by atoms with van der Waals surface area (Å²) >= 11 is 0. The molecule has 0 amide bonds. The van der Waals surface area contributed by atoms with Gasteiger partial charge in [0, 0.05) is 17.8 Å². The molecule has 0 unspecified atom stereocenters. The lowest BCUT2D eigenvalue weighted by atomic mass is 10.2. The first-order valence-electron chi connectivity index (χ1n) is 6.90. The van der Waals surface area contributed by atoms with Crippen molar-refractivity contribution >= 4 is 22.7 Å². The van der Waals surface area contributed by atoms with Crippen molar-refractivity contribution in [2.45, 2.75) is 6.92 Å². The van der Waals surface area contributed by atoms with Crippen molar-refractivity contribution in [1.82, 2.24) is 19.9 Å². The highest BCUT2D eigenvalue weighted by atomic mass is 16.5. The minimum absolute atomic E-state index is 0.533. The molecule has 0 saturated carbocycles. The number of H-pyrrole nitrogens is 1. The molecule has 0 fully saturated rings. The number of methoxy groups -OCH3 is 3. The lowest BCUT2D eigenvalue weighted by molar-refractivity contribution is 0.324. The van der Waals surface area contributed by atoms with Gasteiger partial charge in [0.05, 0.1) is 21.3 Å². The summed E-state index contributed by atoms with van der Waals surface area (Å²) < 4.78 is 16.0. The molecule has 2 N–H and O–H groups in total. The third-order valence-electron chi connectivity index (χ3n) is 3.33. The Morgan fingerprint density at radius 2 is 1.70 bits per heavy atom. The van der Waals surface area contributed by atoms with E-state index < -0.39 is 0 Å². The number of ether oxygens (including phenoxy) is 3. The second-order valence-corrected chi connectivity index (χ2v) is 4.78. The zero-order chi connectivity index (χ0) is 16.4. The molecule has 3 aromatic rings. The van der Waals surface area contributed by atoms with Crippen LogP contribution in [0.2, 0.25) is 0 Å². The fraction of sp³-hybridized carbons (Fsp3) is 0.267. The Balaban J connectivity index is 2.05. The number of imidazole rings is 1. The van der Waals surface area contributed by atoms with Gasteiger partial charge >= 0.3 is 0 Å². The van der Waals surface area contributed by atoms with Crippen molar-refractivity contribution in [3.63, 3.8) is 0 Å². The van der Waals surface area contributed by atoms with E-state index in [4.69, 9.17) is 14.2 Å². The van der Waals surface area contributed by atoms with Crippen LogP contribution in [0.4, 0.5) is 11.5 Å². The zero-order valence-electron chi connectivity index (χ0n) is 13.3. The third kappa shape index (κ3) is 2.70. The smallest absolute Gasteiger partial charge is 0.203 e. The Kier molecular flexibility index (Phi) is 3.88. The maximum absolute atomic E-state index is 5.35. The average molecular weight is 315 g/mol. The predicted octanol–water partition coefficient (Wildman–Crippen LogP) is 2.43. The van der Waals surface area contributed by atoms with Crippen LogP contribution in [0, 0.1) is 6.92 Å². The summed E-state index contributed by atoms with van der Waals surface area (Å²) in [6.07, 6.45) is 1.46. The van der Waals surface area contributed by atoms with E-state index in [1.165, 1.54) is 6.33 Å². The van der Waals surface area contributed by atoms with Crippen LogP contribution in [0.5, 0.6) is 17.2 Å². The van der Waals surface area contributed by atoms with Gasteiger partial charge in [0.15, 0.2) is 23.0 Å². The number of nitrogens with one attached hydrogen (secondary N) is 2. The van der Waals surface area contributed by atoms with Crippen LogP contribution in [0.25, 0.3) is 11.2 Å². The molecular weight excluding hydrogens is 298 g/mol. The van der Waals surface area contributed by atoms with Crippen molar-refractivity contribution < 1.29 is 14.2 Å². The zero-order valence-corrected chi connectivity index (χ0v) is 13.3. The van der Waals surface area contributed by atoms with Crippen LogP contribution in [-0.4, -0.2) is 41.3 Å². The molecule has 2 aromatic heterocycles. The molecule has 23 heavy (non-hydrogen) atoms. The van der Waals surface area contributed by atoms with Gasteiger partial charge < -0.3 is 24.5 Å². The van der Waals surface area contributed by atoms with Crippen molar-refractivity contribution in [2.24, 2.45) is 0 Å². The van der Waals surface area contributed by atoms with E-state index in [0.29, 0.717) is 28.7 Å². The van der Waals surface area contributed by atoms with Gasteiger partial charge in [0.1, 0.15) is 17.7 Å². The third-order valence-corrected chi connectivity index (χ3v) is 3.33. The molecule has 0 radical (unpaired) electrons. The van der Waals surface area contributed by atoms with Gasteiger partial charge in [-0.05, 0) is 6.92 Å². The first kappa shape index (κ1) is 14.9. The summed E-state index contributed by atoms with van der Waals surface area (Å²) in [5, 5.41) is 3.22. The quantitative estimate of drug-likeness (QED) is 0.746. The summed E-state index contributed by atoms with van der Waals surface area (Å²) in [4.78, 5) is 15.8. The van der Waals surface area contributed by atoms with Crippen LogP contribution in [0.1, 0.15) is 5.82 Å². The molecule has 0 aliphatic rings. The SMILES string of the molecule is COc1cc(Nc2ncnc3nc(C)[nH]c23)cc(OC)c1OC. The van der Waals surface area contributed by atoms with E-state index >= 15 is 0 Å². The predicted molar refractivity (Wildman–Crippen MR) is 85.8 cm³/mol. The maximum Gasteiger partial charge on any atom is 0.203 e. The number of hydrogen-bond acceptors (Lipinski definition) is 7. The highest BCUT2D eigenvalue weighted by molar-refractivity contribution is 5.85. The number of aromatic nitrogens is 4. The second kappa shape index (κ2) is 5.99. The normalized spacial score (nSPS) is 10.6. The van der Waals surface area contributed by atoms with Gasteiger partial charge in [-0.25, -0.2) is 15.0 Å². The standard InChI is InChI=1S/C15H17N5O3/c1-8-18-12-14(19-8)16-7-17-15(12)20-9-5-10(21-2)13(23-4)11(6-9)22-3/h5-7H,1-4H3,(H2,16,17,18,19,20). The van der Waals surface area contributed by atoms with Gasteiger partial charge in [-0.15, -0.1) is 0 Å². The highest BCUT2D eigenvalue weighted by Gasteiger charge is 2.15. The minimum Gasteiger partial charge on any atom is -0.493 e. The second-order valence-electron chi connectivity index (χ2n) is 4.78. The monoisotopic (exact) mass is 315 g/mol. The first-order chi connectivity index (χ1) is 11.2. The summed E-state index contributed by atoms with van der Waals surface area (Å²) in [6.45, 7) is 1.87. The summed E-state index contributed by atoms with van der Waals surface area (Å²) in [7, 11) is 4.71. The molecule has 8 nitrogen and oxygen atoms in total. The van der Waals surface area contributed by atoms with Crippen molar-refractivity contribution in [2.75, 3.05) is 26.6 Å². The number of benzene rings is 1. The van der Waals surface area contributed by atoms with Crippen LogP contribution >= 0.6 is 0 Å². The van der Waals surface area contributed by atoms with E-state index in [1.807, 2.05) is 6.92 Å². The average Bonchev–Trinajstić information content (AvgIpc) is 2.95. The maximum atomic E-state index is 5.35. The van der Waals surface area contributed by atoms with E-state index in [2.05, 4.69) is 25.3 Å². The van der Waals surface area contributed by atoms with Crippen molar-refractivity contribution in [3.05, 3.63) is 24.3 Å². The van der Waals surface area contributed by atoms with E-state index in [1.54, 1.807) is 33.5 Å². The van der Waals surface area contributed by atoms with E-state index in [-0.39, 0.29) is 0 Å². The number of fused-ring (bicyclic) bond motifs is 1. The summed E-state index contributed by atoms with van der Waals surface area (Å²) in [6, 6.07) is 3.61. The van der Waals surface area contributed by atoms with Crippen molar-refractivity contribution in [3.8, 4) is 17.2 Å². The molecule has 0 saturated heterocycles. The molecule has 3 rings (SSSR count). The molecule has 0 spiro atoms. The van der Waals surface area contributed by atoms with E-state index in [9.17, 15) is 0 Å². The molecule has 8 heteroatoms. The van der Waals surface area contributed by atoms with Crippen molar-refractivity contribution in [1.29, 1.82) is 0 Å². The fourth-order valence-corrected chi connectivity index (χ4v) is 2.33. The minimum atomic E-state index is 0.533. The fourth-order valence-electron chi connectivity index (χ4n) is 2.33. The number of hydrogen-bond donors (Lipinski definition) is 2. The Bertz CT molecular complexity index is 821. The number of rotatable bonds is 5. The topological polar surface area (TPSA) is 94.2 Å². The molecular formula is C15H17N5O3. The van der Waals surface area contributed by atoms with Crippen LogP contribution in [-0.2, 0) is 0 Å². The van der Waals surface area contributed by atoms with Gasteiger partial charge in [-0.1, -0.05) is 0 Å². The van der Waals surface area contributed by atoms with E-state index in [0.717, 1.165) is 17.0 Å². The van der Waals surface area contributed by atoms with Gasteiger partial charge in [0.25, 0.3) is 0 Å². The van der Waals surface area contributed by atoms with Crippen LogP contribution in [0.15, 0.2) is 18.5 Å². The number of nitrogens with zero attached hydrogens (tertiary/aromatic N) is 3. The molecule has 120 valence electrons.